The molecule has 1 aromatic rings. The summed E-state index contributed by atoms with van der Waals surface area (Å²) in [7, 11) is 0. The Balaban J connectivity index is 2.82. The average Bonchev–Trinajstić information content (AvgIpc) is 2.76. The Hall–Kier alpha value is -1.92. The summed E-state index contributed by atoms with van der Waals surface area (Å²) < 4.78 is 0. The summed E-state index contributed by atoms with van der Waals surface area (Å²) in [6.07, 6.45) is 0. The van der Waals surface area contributed by atoms with Crippen molar-refractivity contribution in [3.05, 3.63) is 35.4 Å². The third-order valence-corrected chi connectivity index (χ3v) is 5.78. The van der Waals surface area contributed by atoms with Gasteiger partial charge in [0.05, 0.1) is 0 Å². The van der Waals surface area contributed by atoms with E-state index in [0.717, 1.165) is 57.9 Å². The fourth-order valence-electron chi connectivity index (χ4n) is 3.31. The molecule has 0 bridgehead atoms. The molecular weight excluding hydrogens is 388 g/mol. The van der Waals surface area contributed by atoms with Crippen LogP contribution in [0, 0.1) is 5.41 Å². The van der Waals surface area contributed by atoms with E-state index in [9.17, 15) is 9.59 Å². The molecule has 31 heavy (non-hydrogen) atoms. The highest BCUT2D eigenvalue weighted by molar-refractivity contribution is 5.94. The van der Waals surface area contributed by atoms with Gasteiger partial charge in [0.15, 0.2) is 0 Å². The third-order valence-electron chi connectivity index (χ3n) is 5.78. The number of hydrogen-bond acceptors (Lipinski definition) is 4. The van der Waals surface area contributed by atoms with Gasteiger partial charge in [0, 0.05) is 43.7 Å². The number of rotatable bonds is 13. The lowest BCUT2D eigenvalue weighted by atomic mass is 9.95. The lowest BCUT2D eigenvalue weighted by Crippen LogP contribution is -2.42. The number of carbonyl (C=O) groups is 2. The summed E-state index contributed by atoms with van der Waals surface area (Å²) in [5.41, 5.74) is 1.28. The smallest absolute Gasteiger partial charge is 0.253 e. The molecule has 2 amide bonds. The van der Waals surface area contributed by atoms with Crippen LogP contribution in [0.1, 0.15) is 64.4 Å². The molecule has 1 N–H and O–H groups in total. The van der Waals surface area contributed by atoms with Crippen molar-refractivity contribution < 1.29 is 9.59 Å². The van der Waals surface area contributed by atoms with Crippen molar-refractivity contribution in [2.75, 3.05) is 52.4 Å². The van der Waals surface area contributed by atoms with Crippen LogP contribution < -0.4 is 5.32 Å². The second kappa shape index (κ2) is 13.5. The fraction of sp³-hybridized carbons (Fsp3) is 0.680. The summed E-state index contributed by atoms with van der Waals surface area (Å²) in [4.78, 5) is 32.0. The number of carbonyl (C=O) groups excluding carboxylic acids is 2. The van der Waals surface area contributed by atoms with E-state index in [2.05, 4.69) is 42.8 Å². The maximum absolute atomic E-state index is 13.3. The van der Waals surface area contributed by atoms with Gasteiger partial charge in [-0.1, -0.05) is 60.6 Å². The second-order valence-corrected chi connectivity index (χ2v) is 8.98. The van der Waals surface area contributed by atoms with E-state index >= 15 is 0 Å². The molecule has 0 spiro atoms. The quantitative estimate of drug-likeness (QED) is 0.519. The molecule has 1 rings (SSSR count). The van der Waals surface area contributed by atoms with Crippen molar-refractivity contribution in [1.82, 2.24) is 20.0 Å². The monoisotopic (exact) mass is 432 g/mol. The topological polar surface area (TPSA) is 55.9 Å². The first-order chi connectivity index (χ1) is 14.7. The Labute approximate surface area is 190 Å². The molecule has 0 saturated carbocycles. The number of likely N-dealkylation sites (N-methyl/N-ethyl adjacent to an activating group) is 2. The largest absolute Gasteiger partial charge is 0.352 e. The van der Waals surface area contributed by atoms with Gasteiger partial charge in [0.25, 0.3) is 5.91 Å². The molecule has 6 heteroatoms. The molecule has 1 aromatic carbocycles. The molecule has 0 saturated heterocycles. The van der Waals surface area contributed by atoms with Gasteiger partial charge in [-0.25, -0.2) is 0 Å². The number of nitrogens with one attached hydrogen (secondary N) is 1. The van der Waals surface area contributed by atoms with Crippen LogP contribution in [0.2, 0.25) is 0 Å². The number of nitrogens with zero attached hydrogens (tertiary/aromatic N) is 3. The molecule has 0 atom stereocenters. The highest BCUT2D eigenvalue weighted by atomic mass is 16.2. The third kappa shape index (κ3) is 9.40. The van der Waals surface area contributed by atoms with Crippen LogP contribution in [-0.4, -0.2) is 78.9 Å². The molecule has 6 nitrogen and oxygen atoms in total. The molecule has 0 radical (unpaired) electrons. The van der Waals surface area contributed by atoms with E-state index < -0.39 is 5.41 Å². The van der Waals surface area contributed by atoms with Gasteiger partial charge < -0.3 is 20.0 Å². The Kier molecular flexibility index (Phi) is 11.8. The number of amides is 2. The second-order valence-electron chi connectivity index (χ2n) is 8.98. The van der Waals surface area contributed by atoms with E-state index in [0.29, 0.717) is 12.1 Å². The molecular formula is C25H44N4O2. The molecule has 0 fully saturated rings. The van der Waals surface area contributed by atoms with Crippen molar-refractivity contribution in [1.29, 1.82) is 0 Å². The lowest BCUT2D eigenvalue weighted by Gasteiger charge is -2.29. The minimum absolute atomic E-state index is 0.0200. The van der Waals surface area contributed by atoms with Gasteiger partial charge in [-0.3, -0.25) is 9.59 Å². The number of hydrogen-bond donors (Lipinski definition) is 1. The zero-order valence-electron chi connectivity index (χ0n) is 20.8. The van der Waals surface area contributed by atoms with Gasteiger partial charge in [0.1, 0.15) is 0 Å². The van der Waals surface area contributed by atoms with E-state index in [1.807, 2.05) is 49.9 Å². The summed E-state index contributed by atoms with van der Waals surface area (Å²) in [6.45, 7) is 22.0. The zero-order chi connectivity index (χ0) is 23.4. The van der Waals surface area contributed by atoms with Gasteiger partial charge in [-0.05, 0) is 43.9 Å². The summed E-state index contributed by atoms with van der Waals surface area (Å²) in [5, 5.41) is 2.96. The van der Waals surface area contributed by atoms with Gasteiger partial charge in [-0.2, -0.15) is 0 Å². The van der Waals surface area contributed by atoms with Crippen LogP contribution in [0.25, 0.3) is 0 Å². The zero-order valence-corrected chi connectivity index (χ0v) is 20.8. The maximum atomic E-state index is 13.3. The van der Waals surface area contributed by atoms with Gasteiger partial charge >= 0.3 is 0 Å². The summed E-state index contributed by atoms with van der Waals surface area (Å²) in [6, 6.07) is 7.62. The van der Waals surface area contributed by atoms with E-state index in [4.69, 9.17) is 0 Å². The van der Waals surface area contributed by atoms with Crippen molar-refractivity contribution in [3.8, 4) is 0 Å². The van der Waals surface area contributed by atoms with Crippen LogP contribution in [-0.2, 0) is 11.3 Å². The minimum atomic E-state index is -0.411. The highest BCUT2D eigenvalue weighted by Gasteiger charge is 2.21. The standard InChI is InChI=1S/C25H44N4O2/c1-8-27(9-2)16-18-29(19-17-28(10-3)11-4)23(30)22-14-12-21(13-15-22)20-26-24(31)25(5,6)7/h12-15H,8-11,16-20H2,1-7H3,(H,26,31). The van der Waals surface area contributed by atoms with Gasteiger partial charge in [-0.15, -0.1) is 0 Å². The van der Waals surface area contributed by atoms with Crippen molar-refractivity contribution in [3.63, 3.8) is 0 Å². The average molecular weight is 433 g/mol. The van der Waals surface area contributed by atoms with E-state index in [-0.39, 0.29) is 11.8 Å². The van der Waals surface area contributed by atoms with Crippen molar-refractivity contribution >= 4 is 11.8 Å². The first kappa shape index (κ1) is 27.1. The lowest BCUT2D eigenvalue weighted by molar-refractivity contribution is -0.128. The fourth-order valence-corrected chi connectivity index (χ4v) is 3.31. The Morgan fingerprint density at radius 2 is 1.23 bits per heavy atom. The van der Waals surface area contributed by atoms with Crippen molar-refractivity contribution in [2.45, 2.75) is 55.0 Å². The van der Waals surface area contributed by atoms with Crippen LogP contribution in [0.3, 0.4) is 0 Å². The molecule has 0 unspecified atom stereocenters. The molecule has 0 aliphatic rings. The molecule has 0 aromatic heterocycles. The van der Waals surface area contributed by atoms with E-state index in [1.54, 1.807) is 0 Å². The summed E-state index contributed by atoms with van der Waals surface area (Å²) in [5.74, 6) is 0.0937. The first-order valence-electron chi connectivity index (χ1n) is 11.8. The Morgan fingerprint density at radius 1 is 0.774 bits per heavy atom. The normalized spacial score (nSPS) is 11.8. The predicted molar refractivity (Wildman–Crippen MR) is 129 cm³/mol. The molecule has 176 valence electrons. The van der Waals surface area contributed by atoms with Gasteiger partial charge in [0.2, 0.25) is 5.91 Å². The maximum Gasteiger partial charge on any atom is 0.253 e. The van der Waals surface area contributed by atoms with Crippen LogP contribution >= 0.6 is 0 Å². The SMILES string of the molecule is CCN(CC)CCN(CCN(CC)CC)C(=O)c1ccc(CNC(=O)C(C)(C)C)cc1. The van der Waals surface area contributed by atoms with Crippen LogP contribution in [0.4, 0.5) is 0 Å². The first-order valence-corrected chi connectivity index (χ1v) is 11.8. The molecule has 0 aliphatic carbocycles. The molecule has 0 heterocycles. The van der Waals surface area contributed by atoms with Crippen LogP contribution in [0.15, 0.2) is 24.3 Å². The Morgan fingerprint density at radius 3 is 1.61 bits per heavy atom. The van der Waals surface area contributed by atoms with Crippen LogP contribution in [0.5, 0.6) is 0 Å². The predicted octanol–water partition coefficient (Wildman–Crippen LogP) is 3.47. The Bertz CT molecular complexity index is 643. The van der Waals surface area contributed by atoms with Crippen molar-refractivity contribution in [2.24, 2.45) is 5.41 Å². The summed E-state index contributed by atoms with van der Waals surface area (Å²) >= 11 is 0. The highest BCUT2D eigenvalue weighted by Crippen LogP contribution is 2.14. The minimum Gasteiger partial charge on any atom is -0.352 e. The molecule has 0 aliphatic heterocycles. The number of benzene rings is 1. The van der Waals surface area contributed by atoms with E-state index in [1.165, 1.54) is 0 Å².